The predicted octanol–water partition coefficient (Wildman–Crippen LogP) is 0.668. The van der Waals surface area contributed by atoms with Crippen molar-refractivity contribution in [2.75, 3.05) is 12.4 Å². The van der Waals surface area contributed by atoms with Crippen LogP contribution in [0.5, 0.6) is 5.75 Å². The summed E-state index contributed by atoms with van der Waals surface area (Å²) in [5.41, 5.74) is 2.53. The third-order valence-electron chi connectivity index (χ3n) is 2.87. The van der Waals surface area contributed by atoms with E-state index in [0.717, 1.165) is 17.0 Å². The van der Waals surface area contributed by atoms with Gasteiger partial charge in [-0.2, -0.15) is 0 Å². The monoisotopic (exact) mass is 307 g/mol. The molecule has 0 fully saturated rings. The fraction of sp³-hybridized carbons (Fsp3) is 0.222. The van der Waals surface area contributed by atoms with E-state index in [-0.39, 0.29) is 35.3 Å². The van der Waals surface area contributed by atoms with E-state index in [4.69, 9.17) is 4.74 Å². The molecule has 0 spiro atoms. The van der Waals surface area contributed by atoms with Gasteiger partial charge in [0.25, 0.3) is 0 Å². The second kappa shape index (κ2) is 11.2. The largest absolute Gasteiger partial charge is 1.00 e. The maximum atomic E-state index is 11.4. The molecule has 0 bridgehead atoms. The molecule has 0 aromatic heterocycles. The van der Waals surface area contributed by atoms with Gasteiger partial charge in [0, 0.05) is 12.2 Å². The Morgan fingerprint density at radius 2 is 1.68 bits per heavy atom. The van der Waals surface area contributed by atoms with Crippen molar-refractivity contribution in [2.24, 2.45) is 0 Å². The van der Waals surface area contributed by atoms with Gasteiger partial charge in [0.15, 0.2) is 0 Å². The normalized spacial score (nSPS) is 8.86. The van der Waals surface area contributed by atoms with Crippen LogP contribution in [0.15, 0.2) is 55.1 Å². The van der Waals surface area contributed by atoms with Crippen molar-refractivity contribution in [3.8, 4) is 5.75 Å². The van der Waals surface area contributed by atoms with Crippen LogP contribution < -0.4 is 44.7 Å². The van der Waals surface area contributed by atoms with Gasteiger partial charge in [-0.1, -0.05) is 44.2 Å². The van der Waals surface area contributed by atoms with Gasteiger partial charge in [0.2, 0.25) is 0 Å². The zero-order chi connectivity index (χ0) is 15.7. The van der Waals surface area contributed by atoms with E-state index in [1.165, 1.54) is 0 Å². The van der Waals surface area contributed by atoms with Gasteiger partial charge in [0.1, 0.15) is 5.75 Å². The summed E-state index contributed by atoms with van der Waals surface area (Å²) in [5, 5.41) is 14.6. The fourth-order valence-electron chi connectivity index (χ4n) is 1.82. The number of nitrogens with one attached hydrogen (secondary N) is 1. The molecule has 22 heavy (non-hydrogen) atoms. The predicted molar refractivity (Wildman–Crippen MR) is 87.1 cm³/mol. The summed E-state index contributed by atoms with van der Waals surface area (Å²) in [5.74, 6) is 0.648. The second-order valence-electron chi connectivity index (χ2n) is 4.17. The molecule has 2 aromatic rings. The molecule has 0 aliphatic carbocycles. The van der Waals surface area contributed by atoms with E-state index >= 15 is 0 Å². The number of rotatable bonds is 5. The average molecular weight is 307 g/mol. The van der Waals surface area contributed by atoms with Gasteiger partial charge in [-0.3, -0.25) is 0 Å². The van der Waals surface area contributed by atoms with Crippen LogP contribution in [0.1, 0.15) is 25.0 Å². The number of ether oxygens (including phenoxy) is 1. The Morgan fingerprint density at radius 1 is 1.09 bits per heavy atom. The molecule has 0 saturated heterocycles. The van der Waals surface area contributed by atoms with E-state index < -0.39 is 0 Å². The Morgan fingerprint density at radius 3 is 2.23 bits per heavy atom. The Labute approximate surface area is 155 Å². The minimum absolute atomic E-state index is 0. The summed E-state index contributed by atoms with van der Waals surface area (Å²) in [7, 11) is 1.64. The smallest absolute Gasteiger partial charge is 0.872 e. The fourth-order valence-corrected chi connectivity index (χ4v) is 1.82. The number of hydrogen-bond acceptors (Lipinski definition) is 3. The molecule has 0 radical (unpaired) electrons. The van der Waals surface area contributed by atoms with E-state index in [9.17, 15) is 5.11 Å². The summed E-state index contributed by atoms with van der Waals surface area (Å²) >= 11 is 0. The molecule has 1 N–H and O–H groups in total. The maximum Gasteiger partial charge on any atom is 1.00 e. The first kappa shape index (κ1) is 20.6. The van der Waals surface area contributed by atoms with Crippen molar-refractivity contribution in [3.63, 3.8) is 0 Å². The first-order valence-electron chi connectivity index (χ1n) is 7.03. The molecular formula is C18H22NNaO2. The summed E-state index contributed by atoms with van der Waals surface area (Å²) < 4.78 is 5.11. The molecule has 0 unspecified atom stereocenters. The number of hydrogen-bond donors (Lipinski definition) is 1. The van der Waals surface area contributed by atoms with Crippen LogP contribution in [-0.4, -0.2) is 7.11 Å². The summed E-state index contributed by atoms with van der Waals surface area (Å²) in [6.07, 6.45) is 0. The summed E-state index contributed by atoms with van der Waals surface area (Å²) in [4.78, 5) is 0. The Kier molecular flexibility index (Phi) is 10.5. The van der Waals surface area contributed by atoms with Crippen LogP contribution in [-0.2, 0) is 6.54 Å². The first-order chi connectivity index (χ1) is 10.2. The van der Waals surface area contributed by atoms with Gasteiger partial charge in [0.05, 0.1) is 7.11 Å². The van der Waals surface area contributed by atoms with Gasteiger partial charge < -0.3 is 15.2 Å². The second-order valence-corrected chi connectivity index (χ2v) is 4.17. The van der Waals surface area contributed by atoms with Crippen LogP contribution >= 0.6 is 0 Å². The third kappa shape index (κ3) is 6.14. The van der Waals surface area contributed by atoms with Gasteiger partial charge in [-0.15, -0.1) is 12.3 Å². The van der Waals surface area contributed by atoms with Crippen LogP contribution in [0.2, 0.25) is 0 Å². The SMILES string of the molecule is C=C([O-])c1ccccc1NCc1ccc(OC)cc1.CC.[Na+]. The Hall–Kier alpha value is -1.42. The van der Waals surface area contributed by atoms with Crippen molar-refractivity contribution < 1.29 is 39.4 Å². The summed E-state index contributed by atoms with van der Waals surface area (Å²) in [6.45, 7) is 8.10. The molecule has 2 rings (SSSR count). The van der Waals surface area contributed by atoms with Crippen LogP contribution in [0.25, 0.3) is 5.76 Å². The topological polar surface area (TPSA) is 44.3 Å². The van der Waals surface area contributed by atoms with Gasteiger partial charge in [-0.25, -0.2) is 0 Å². The van der Waals surface area contributed by atoms with Gasteiger partial charge >= 0.3 is 29.6 Å². The number of methoxy groups -OCH3 is 1. The molecule has 0 aliphatic rings. The zero-order valence-corrected chi connectivity index (χ0v) is 15.8. The minimum Gasteiger partial charge on any atom is -0.872 e. The number of para-hydroxylation sites is 1. The number of benzene rings is 2. The van der Waals surface area contributed by atoms with Crippen LogP contribution in [0.3, 0.4) is 0 Å². The quantitative estimate of drug-likeness (QED) is 0.652. The van der Waals surface area contributed by atoms with E-state index in [1.807, 2.05) is 56.3 Å². The summed E-state index contributed by atoms with van der Waals surface area (Å²) in [6, 6.07) is 15.2. The molecule has 3 nitrogen and oxygen atoms in total. The van der Waals surface area contributed by atoms with Crippen molar-refractivity contribution in [2.45, 2.75) is 20.4 Å². The van der Waals surface area contributed by atoms with Crippen LogP contribution in [0.4, 0.5) is 5.69 Å². The van der Waals surface area contributed by atoms with E-state index in [2.05, 4.69) is 11.9 Å². The molecule has 0 aliphatic heterocycles. The molecule has 112 valence electrons. The third-order valence-corrected chi connectivity index (χ3v) is 2.87. The van der Waals surface area contributed by atoms with Crippen molar-refractivity contribution in [1.29, 1.82) is 0 Å². The van der Waals surface area contributed by atoms with E-state index in [1.54, 1.807) is 13.2 Å². The Bertz CT molecular complexity index is 568. The van der Waals surface area contributed by atoms with Gasteiger partial charge in [-0.05, 0) is 29.3 Å². The van der Waals surface area contributed by atoms with Crippen molar-refractivity contribution in [3.05, 3.63) is 66.2 Å². The minimum atomic E-state index is -0.183. The molecule has 2 aromatic carbocycles. The Balaban J connectivity index is 0.00000141. The molecule has 0 amide bonds. The van der Waals surface area contributed by atoms with Crippen molar-refractivity contribution in [1.82, 2.24) is 0 Å². The molecule has 0 heterocycles. The van der Waals surface area contributed by atoms with Crippen molar-refractivity contribution >= 4 is 11.4 Å². The standard InChI is InChI=1S/C16H17NO2.C2H6.Na/c1-12(18)15-5-3-4-6-16(15)17-11-13-7-9-14(19-2)10-8-13;1-2;/h3-10,17-18H,1,11H2,2H3;1-2H3;/q;;+1/p-1. The van der Waals surface area contributed by atoms with Crippen LogP contribution in [0, 0.1) is 0 Å². The average Bonchev–Trinajstić information content (AvgIpc) is 2.55. The molecule has 4 heteroatoms. The van der Waals surface area contributed by atoms with E-state index in [0.29, 0.717) is 12.1 Å². The number of anilines is 1. The molecular weight excluding hydrogens is 285 g/mol. The molecule has 0 atom stereocenters. The zero-order valence-electron chi connectivity index (χ0n) is 13.8. The maximum absolute atomic E-state index is 11.4. The molecule has 0 saturated carbocycles. The first-order valence-corrected chi connectivity index (χ1v) is 7.03.